The fourth-order valence-electron chi connectivity index (χ4n) is 5.60. The van der Waals surface area contributed by atoms with Crippen molar-refractivity contribution in [2.75, 3.05) is 7.11 Å². The molecule has 1 aromatic heterocycles. The van der Waals surface area contributed by atoms with Gasteiger partial charge in [-0.2, -0.15) is 0 Å². The van der Waals surface area contributed by atoms with Crippen molar-refractivity contribution in [2.24, 2.45) is 0 Å². The maximum absolute atomic E-state index is 16.2. The van der Waals surface area contributed by atoms with E-state index in [9.17, 15) is 14.7 Å². The topological polar surface area (TPSA) is 68.5 Å². The summed E-state index contributed by atoms with van der Waals surface area (Å²) in [4.78, 5) is 24.3. The number of hydrogen-bond acceptors (Lipinski definition) is 3. The van der Waals surface area contributed by atoms with Crippen LogP contribution in [0.15, 0.2) is 42.5 Å². The van der Waals surface area contributed by atoms with Crippen LogP contribution in [0, 0.1) is 0 Å². The maximum atomic E-state index is 16.2. The average Bonchev–Trinajstić information content (AvgIpc) is 3.04. The van der Waals surface area contributed by atoms with Gasteiger partial charge >= 0.3 is 11.9 Å². The number of benzene rings is 2. The van der Waals surface area contributed by atoms with Crippen molar-refractivity contribution in [2.45, 2.75) is 56.7 Å². The predicted molar refractivity (Wildman–Crippen MR) is 120 cm³/mol. The predicted octanol–water partition coefficient (Wildman–Crippen LogP) is 5.49. The number of aromatic carboxylic acids is 1. The van der Waals surface area contributed by atoms with Crippen LogP contribution in [0.1, 0.15) is 59.5 Å². The van der Waals surface area contributed by atoms with Crippen LogP contribution in [0.2, 0.25) is 0 Å². The van der Waals surface area contributed by atoms with E-state index in [0.717, 1.165) is 53.5 Å². The van der Waals surface area contributed by atoms with E-state index in [0.29, 0.717) is 11.4 Å². The molecule has 1 aliphatic heterocycles. The number of fused-ring (bicyclic) bond motifs is 5. The van der Waals surface area contributed by atoms with Gasteiger partial charge in [-0.05, 0) is 42.0 Å². The second-order valence-electron chi connectivity index (χ2n) is 9.01. The largest absolute Gasteiger partial charge is 0.478 e. The molecule has 0 bridgehead atoms. The van der Waals surface area contributed by atoms with Crippen LogP contribution in [0.3, 0.4) is 0 Å². The first-order chi connectivity index (χ1) is 15.4. The summed E-state index contributed by atoms with van der Waals surface area (Å²) in [5, 5.41) is 10.5. The van der Waals surface area contributed by atoms with Gasteiger partial charge in [-0.3, -0.25) is 0 Å². The first-order valence-corrected chi connectivity index (χ1v) is 11.2. The van der Waals surface area contributed by atoms with E-state index in [2.05, 4.69) is 0 Å². The van der Waals surface area contributed by atoms with Gasteiger partial charge in [0.25, 0.3) is 0 Å². The van der Waals surface area contributed by atoms with Crippen LogP contribution >= 0.6 is 0 Å². The van der Waals surface area contributed by atoms with E-state index < -0.39 is 17.6 Å². The minimum atomic E-state index is -2.24. The third-order valence-corrected chi connectivity index (χ3v) is 7.07. The number of rotatable bonds is 3. The van der Waals surface area contributed by atoms with Gasteiger partial charge in [-0.25, -0.2) is 14.0 Å². The zero-order valence-electron chi connectivity index (χ0n) is 18.1. The van der Waals surface area contributed by atoms with Crippen LogP contribution in [-0.4, -0.2) is 34.4 Å². The first kappa shape index (κ1) is 20.7. The number of aromatic nitrogens is 1. The number of alkyl halides is 1. The summed E-state index contributed by atoms with van der Waals surface area (Å²) in [6, 6.07) is 12.7. The SMILES string of the molecule is COC(=O)C1(F)Cc2ccccc2-c2c(C3CCCCC3)c3ccc(C(=O)O)cc3n2C1. The number of methoxy groups -OCH3 is 1. The van der Waals surface area contributed by atoms with Crippen molar-refractivity contribution >= 4 is 22.8 Å². The summed E-state index contributed by atoms with van der Waals surface area (Å²) in [6.45, 7) is -0.212. The normalized spacial score (nSPS) is 20.9. The highest BCUT2D eigenvalue weighted by molar-refractivity contribution is 5.99. The molecular weight excluding hydrogens is 409 g/mol. The molecule has 1 saturated carbocycles. The fraction of sp³-hybridized carbons (Fsp3) is 0.385. The molecule has 0 saturated heterocycles. The standard InChI is InChI=1S/C26H26FNO4/c1-32-25(31)26(27)14-18-9-5-6-10-19(18)23-22(16-7-3-2-4-8-16)20-12-11-17(24(29)30)13-21(20)28(23)15-26/h5-6,9-13,16H,2-4,7-8,14-15H2,1H3,(H,29,30). The Morgan fingerprint density at radius 1 is 1.12 bits per heavy atom. The number of carboxylic acid groups (broad SMARTS) is 1. The summed E-state index contributed by atoms with van der Waals surface area (Å²) in [7, 11) is 1.20. The smallest absolute Gasteiger partial charge is 0.345 e. The number of halogens is 1. The minimum absolute atomic E-state index is 0.0816. The molecule has 166 valence electrons. The second kappa shape index (κ2) is 7.76. The van der Waals surface area contributed by atoms with Gasteiger partial charge in [0.2, 0.25) is 5.67 Å². The van der Waals surface area contributed by atoms with Crippen molar-refractivity contribution < 1.29 is 23.8 Å². The Balaban J connectivity index is 1.86. The quantitative estimate of drug-likeness (QED) is 0.552. The van der Waals surface area contributed by atoms with Crippen LogP contribution < -0.4 is 0 Å². The van der Waals surface area contributed by atoms with Crippen molar-refractivity contribution in [3.05, 3.63) is 59.2 Å². The van der Waals surface area contributed by atoms with Gasteiger partial charge in [-0.15, -0.1) is 0 Å². The van der Waals surface area contributed by atoms with Crippen molar-refractivity contribution in [1.82, 2.24) is 4.57 Å². The molecule has 2 aromatic carbocycles. The number of carbonyl (C=O) groups excluding carboxylic acids is 1. The fourth-order valence-corrected chi connectivity index (χ4v) is 5.60. The lowest BCUT2D eigenvalue weighted by Gasteiger charge is -2.24. The molecule has 1 N–H and O–H groups in total. The average molecular weight is 435 g/mol. The molecule has 2 heterocycles. The summed E-state index contributed by atoms with van der Waals surface area (Å²) in [5.41, 5.74) is 2.29. The molecule has 1 fully saturated rings. The summed E-state index contributed by atoms with van der Waals surface area (Å²) >= 11 is 0. The molecule has 6 heteroatoms. The van der Waals surface area contributed by atoms with Gasteiger partial charge in [0.05, 0.1) is 24.9 Å². The molecule has 5 nitrogen and oxygen atoms in total. The van der Waals surface area contributed by atoms with Crippen molar-refractivity contribution in [3.63, 3.8) is 0 Å². The lowest BCUT2D eigenvalue weighted by atomic mass is 9.81. The third-order valence-electron chi connectivity index (χ3n) is 7.07. The summed E-state index contributed by atoms with van der Waals surface area (Å²) in [6.07, 6.45) is 5.50. The van der Waals surface area contributed by atoms with Crippen molar-refractivity contribution in [3.8, 4) is 11.3 Å². The zero-order chi connectivity index (χ0) is 22.5. The summed E-state index contributed by atoms with van der Waals surface area (Å²) < 4.78 is 22.9. The Morgan fingerprint density at radius 3 is 2.59 bits per heavy atom. The molecule has 1 atom stereocenters. The van der Waals surface area contributed by atoms with E-state index in [-0.39, 0.29) is 18.5 Å². The van der Waals surface area contributed by atoms with Gasteiger partial charge in [0.15, 0.2) is 0 Å². The van der Waals surface area contributed by atoms with Crippen LogP contribution in [0.4, 0.5) is 4.39 Å². The number of hydrogen-bond donors (Lipinski definition) is 1. The van der Waals surface area contributed by atoms with Crippen LogP contribution in [-0.2, 0) is 22.5 Å². The number of carbonyl (C=O) groups is 2. The van der Waals surface area contributed by atoms with E-state index in [1.54, 1.807) is 12.1 Å². The maximum Gasteiger partial charge on any atom is 0.345 e. The summed E-state index contributed by atoms with van der Waals surface area (Å²) in [5.74, 6) is -1.62. The number of carboxylic acids is 1. The van der Waals surface area contributed by atoms with E-state index in [1.807, 2.05) is 34.9 Å². The monoisotopic (exact) mass is 435 g/mol. The van der Waals surface area contributed by atoms with E-state index >= 15 is 4.39 Å². The number of esters is 1. The zero-order valence-corrected chi connectivity index (χ0v) is 18.1. The first-order valence-electron chi connectivity index (χ1n) is 11.2. The highest BCUT2D eigenvalue weighted by atomic mass is 19.1. The lowest BCUT2D eigenvalue weighted by Crippen LogP contribution is -2.40. The lowest BCUT2D eigenvalue weighted by molar-refractivity contribution is -0.155. The molecule has 0 spiro atoms. The van der Waals surface area contributed by atoms with E-state index in [4.69, 9.17) is 4.74 Å². The molecule has 1 unspecified atom stereocenters. The molecular formula is C26H26FNO4. The van der Waals surface area contributed by atoms with Gasteiger partial charge < -0.3 is 14.4 Å². The Labute approximate surface area is 185 Å². The minimum Gasteiger partial charge on any atom is -0.478 e. The molecule has 0 radical (unpaired) electrons. The van der Waals surface area contributed by atoms with Gasteiger partial charge in [0.1, 0.15) is 0 Å². The van der Waals surface area contributed by atoms with Gasteiger partial charge in [-0.1, -0.05) is 49.6 Å². The van der Waals surface area contributed by atoms with E-state index in [1.165, 1.54) is 13.5 Å². The Hall–Kier alpha value is -3.15. The Kier molecular flexibility index (Phi) is 5.03. The molecule has 0 amide bonds. The Morgan fingerprint density at radius 2 is 1.88 bits per heavy atom. The molecule has 5 rings (SSSR count). The molecule has 3 aromatic rings. The van der Waals surface area contributed by atoms with Gasteiger partial charge in [0, 0.05) is 22.9 Å². The molecule has 1 aliphatic carbocycles. The highest BCUT2D eigenvalue weighted by Gasteiger charge is 2.45. The second-order valence-corrected chi connectivity index (χ2v) is 9.01. The third kappa shape index (κ3) is 3.20. The highest BCUT2D eigenvalue weighted by Crippen LogP contribution is 2.47. The van der Waals surface area contributed by atoms with Crippen molar-refractivity contribution in [1.29, 1.82) is 0 Å². The number of ether oxygens (including phenoxy) is 1. The molecule has 2 aliphatic rings. The molecule has 32 heavy (non-hydrogen) atoms. The van der Waals surface area contributed by atoms with Crippen LogP contribution in [0.25, 0.3) is 22.2 Å². The number of nitrogens with zero attached hydrogens (tertiary/aromatic N) is 1. The Bertz CT molecular complexity index is 1220. The van der Waals surface area contributed by atoms with Crippen LogP contribution in [0.5, 0.6) is 0 Å².